The summed E-state index contributed by atoms with van der Waals surface area (Å²) >= 11 is 1.36. The Balaban J connectivity index is 1.64. The molecule has 1 amide bonds. The van der Waals surface area contributed by atoms with E-state index >= 15 is 0 Å². The molecule has 3 aromatic rings. The molecule has 0 saturated heterocycles. The van der Waals surface area contributed by atoms with Crippen LogP contribution in [0, 0.1) is 0 Å². The molecule has 1 N–H and O–H groups in total. The van der Waals surface area contributed by atoms with Gasteiger partial charge in [-0.1, -0.05) is 41.7 Å². The summed E-state index contributed by atoms with van der Waals surface area (Å²) in [6.07, 6.45) is 3.78. The summed E-state index contributed by atoms with van der Waals surface area (Å²) in [6.45, 7) is 0. The number of aromatic nitrogens is 2. The van der Waals surface area contributed by atoms with Crippen molar-refractivity contribution in [3.8, 4) is 11.5 Å². The second kappa shape index (κ2) is 8.95. The second-order valence-corrected chi connectivity index (χ2v) is 6.66. The van der Waals surface area contributed by atoms with Gasteiger partial charge >= 0.3 is 0 Å². The molecule has 0 saturated carbocycles. The molecule has 27 heavy (non-hydrogen) atoms. The third-order valence-electron chi connectivity index (χ3n) is 3.75. The first-order valence-corrected chi connectivity index (χ1v) is 9.07. The number of anilines is 1. The fourth-order valence-electron chi connectivity index (χ4n) is 2.43. The Hall–Kier alpha value is -3.19. The van der Waals surface area contributed by atoms with Gasteiger partial charge in [0, 0.05) is 18.1 Å². The highest BCUT2D eigenvalue weighted by molar-refractivity contribution is 7.15. The van der Waals surface area contributed by atoms with E-state index in [9.17, 15) is 4.79 Å². The maximum absolute atomic E-state index is 12.2. The molecule has 6 nitrogen and oxygen atoms in total. The third kappa shape index (κ3) is 5.15. The van der Waals surface area contributed by atoms with Crippen LogP contribution in [0.15, 0.2) is 54.6 Å². The number of rotatable bonds is 7. The zero-order valence-corrected chi connectivity index (χ0v) is 15.8. The Kier molecular flexibility index (Phi) is 6.17. The molecule has 0 aliphatic rings. The van der Waals surface area contributed by atoms with Crippen molar-refractivity contribution in [1.29, 1.82) is 0 Å². The number of nitrogens with one attached hydrogen (secondary N) is 1. The van der Waals surface area contributed by atoms with E-state index in [1.807, 2.05) is 30.3 Å². The van der Waals surface area contributed by atoms with E-state index in [0.29, 0.717) is 23.1 Å². The van der Waals surface area contributed by atoms with Crippen LogP contribution in [0.3, 0.4) is 0 Å². The lowest BCUT2D eigenvalue weighted by molar-refractivity contribution is -0.111. The topological polar surface area (TPSA) is 73.3 Å². The monoisotopic (exact) mass is 381 g/mol. The molecule has 1 aromatic heterocycles. The number of hydrogen-bond donors (Lipinski definition) is 1. The summed E-state index contributed by atoms with van der Waals surface area (Å²) in [6, 6.07) is 15.4. The normalized spacial score (nSPS) is 10.7. The molecule has 1 heterocycles. The van der Waals surface area contributed by atoms with Crippen molar-refractivity contribution in [3.05, 3.63) is 70.7 Å². The van der Waals surface area contributed by atoms with Gasteiger partial charge in [0.15, 0.2) is 0 Å². The van der Waals surface area contributed by atoms with Gasteiger partial charge in [0.25, 0.3) is 0 Å². The van der Waals surface area contributed by atoms with E-state index in [1.165, 1.54) is 17.4 Å². The number of nitrogens with zero attached hydrogens (tertiary/aromatic N) is 2. The van der Waals surface area contributed by atoms with Crippen LogP contribution in [0.1, 0.15) is 16.1 Å². The number of carbonyl (C=O) groups is 1. The molecule has 0 aliphatic carbocycles. The molecular weight excluding hydrogens is 362 g/mol. The number of hydrogen-bond acceptors (Lipinski definition) is 6. The minimum atomic E-state index is -0.290. The SMILES string of the molecule is COc1ccc(OC)c(/C=C/C(=O)Nc2nnc(Cc3ccccc3)s2)c1. The second-order valence-electron chi connectivity index (χ2n) is 5.59. The van der Waals surface area contributed by atoms with Crippen LogP contribution in [-0.2, 0) is 11.2 Å². The van der Waals surface area contributed by atoms with Crippen LogP contribution in [0.25, 0.3) is 6.08 Å². The predicted molar refractivity (Wildman–Crippen MR) is 106 cm³/mol. The maximum Gasteiger partial charge on any atom is 0.250 e. The number of methoxy groups -OCH3 is 2. The Bertz CT molecular complexity index is 939. The van der Waals surface area contributed by atoms with Crippen LogP contribution < -0.4 is 14.8 Å². The average Bonchev–Trinajstić information content (AvgIpc) is 3.13. The molecule has 0 aliphatic heterocycles. The summed E-state index contributed by atoms with van der Waals surface area (Å²) in [5, 5.41) is 12.2. The smallest absolute Gasteiger partial charge is 0.250 e. The van der Waals surface area contributed by atoms with Crippen molar-refractivity contribution in [2.24, 2.45) is 0 Å². The fourth-order valence-corrected chi connectivity index (χ4v) is 3.21. The first-order valence-electron chi connectivity index (χ1n) is 8.25. The lowest BCUT2D eigenvalue weighted by atomic mass is 10.1. The number of carbonyl (C=O) groups excluding carboxylic acids is 1. The van der Waals surface area contributed by atoms with Gasteiger partial charge in [-0.3, -0.25) is 10.1 Å². The minimum Gasteiger partial charge on any atom is -0.497 e. The zero-order valence-electron chi connectivity index (χ0n) is 15.0. The zero-order chi connectivity index (χ0) is 19.1. The third-order valence-corrected chi connectivity index (χ3v) is 4.58. The van der Waals surface area contributed by atoms with Crippen LogP contribution >= 0.6 is 11.3 Å². The van der Waals surface area contributed by atoms with E-state index in [1.54, 1.807) is 38.5 Å². The van der Waals surface area contributed by atoms with E-state index in [2.05, 4.69) is 15.5 Å². The highest BCUT2D eigenvalue weighted by atomic mass is 32.1. The molecule has 0 bridgehead atoms. The molecule has 0 radical (unpaired) electrons. The van der Waals surface area contributed by atoms with Crippen molar-refractivity contribution in [3.63, 3.8) is 0 Å². The molecule has 0 unspecified atom stereocenters. The van der Waals surface area contributed by atoms with E-state index < -0.39 is 0 Å². The van der Waals surface area contributed by atoms with Crippen LogP contribution in [-0.4, -0.2) is 30.3 Å². The highest BCUT2D eigenvalue weighted by Crippen LogP contribution is 2.25. The Morgan fingerprint density at radius 3 is 2.67 bits per heavy atom. The molecular formula is C20H19N3O3S. The molecule has 7 heteroatoms. The summed E-state index contributed by atoms with van der Waals surface area (Å²) < 4.78 is 10.5. The average molecular weight is 381 g/mol. The maximum atomic E-state index is 12.2. The standard InChI is InChI=1S/C20H19N3O3S/c1-25-16-9-10-17(26-2)15(13-16)8-11-18(24)21-20-23-22-19(27-20)12-14-6-4-3-5-7-14/h3-11,13H,12H2,1-2H3,(H,21,23,24)/b11-8+. The van der Waals surface area contributed by atoms with Crippen molar-refractivity contribution in [2.45, 2.75) is 6.42 Å². The summed E-state index contributed by atoms with van der Waals surface area (Å²) in [4.78, 5) is 12.2. The number of benzene rings is 2. The first kappa shape index (κ1) is 18.6. The van der Waals surface area contributed by atoms with Gasteiger partial charge in [0.2, 0.25) is 11.0 Å². The van der Waals surface area contributed by atoms with E-state index in [0.717, 1.165) is 16.1 Å². The summed E-state index contributed by atoms with van der Waals surface area (Å²) in [5.41, 5.74) is 1.89. The van der Waals surface area contributed by atoms with Crippen LogP contribution in [0.2, 0.25) is 0 Å². The first-order chi connectivity index (χ1) is 13.2. The Morgan fingerprint density at radius 1 is 1.11 bits per heavy atom. The van der Waals surface area contributed by atoms with Crippen molar-refractivity contribution < 1.29 is 14.3 Å². The van der Waals surface area contributed by atoms with Gasteiger partial charge in [-0.05, 0) is 29.8 Å². The number of amides is 1. The fraction of sp³-hybridized carbons (Fsp3) is 0.150. The van der Waals surface area contributed by atoms with Gasteiger partial charge in [-0.2, -0.15) is 0 Å². The quantitative estimate of drug-likeness (QED) is 0.630. The van der Waals surface area contributed by atoms with Gasteiger partial charge < -0.3 is 9.47 Å². The molecule has 138 valence electrons. The summed E-state index contributed by atoms with van der Waals surface area (Å²) in [7, 11) is 3.17. The van der Waals surface area contributed by atoms with Gasteiger partial charge in [0.05, 0.1) is 14.2 Å². The predicted octanol–water partition coefficient (Wildman–Crippen LogP) is 3.80. The molecule has 0 fully saturated rings. The molecule has 0 atom stereocenters. The van der Waals surface area contributed by atoms with E-state index in [-0.39, 0.29) is 5.91 Å². The molecule has 0 spiro atoms. The van der Waals surface area contributed by atoms with Crippen molar-refractivity contribution >= 4 is 28.5 Å². The lowest BCUT2D eigenvalue weighted by Gasteiger charge is -2.07. The van der Waals surface area contributed by atoms with Gasteiger partial charge in [-0.15, -0.1) is 10.2 Å². The largest absolute Gasteiger partial charge is 0.497 e. The number of ether oxygens (including phenoxy) is 2. The molecule has 3 rings (SSSR count). The minimum absolute atomic E-state index is 0.290. The van der Waals surface area contributed by atoms with Gasteiger partial charge in [-0.25, -0.2) is 0 Å². The van der Waals surface area contributed by atoms with Crippen LogP contribution in [0.5, 0.6) is 11.5 Å². The van der Waals surface area contributed by atoms with Crippen LogP contribution in [0.4, 0.5) is 5.13 Å². The molecule has 2 aromatic carbocycles. The lowest BCUT2D eigenvalue weighted by Crippen LogP contribution is -2.07. The highest BCUT2D eigenvalue weighted by Gasteiger charge is 2.08. The van der Waals surface area contributed by atoms with Gasteiger partial charge in [0.1, 0.15) is 16.5 Å². The summed E-state index contributed by atoms with van der Waals surface area (Å²) in [5.74, 6) is 1.05. The Labute approximate surface area is 161 Å². The van der Waals surface area contributed by atoms with E-state index in [4.69, 9.17) is 9.47 Å². The van der Waals surface area contributed by atoms with Crippen molar-refractivity contribution in [1.82, 2.24) is 10.2 Å². The Morgan fingerprint density at radius 2 is 1.93 bits per heavy atom. The van der Waals surface area contributed by atoms with Crippen molar-refractivity contribution in [2.75, 3.05) is 19.5 Å².